The average molecular weight is 336 g/mol. The van der Waals surface area contributed by atoms with Gasteiger partial charge in [-0.2, -0.15) is 0 Å². The Kier molecular flexibility index (Phi) is 4.39. The lowest BCUT2D eigenvalue weighted by atomic mass is 9.85. The van der Waals surface area contributed by atoms with Crippen molar-refractivity contribution in [1.82, 2.24) is 4.90 Å². The van der Waals surface area contributed by atoms with Gasteiger partial charge in [-0.15, -0.1) is 11.8 Å². The normalized spacial score (nSPS) is 34.0. The van der Waals surface area contributed by atoms with E-state index in [1.54, 1.807) is 11.8 Å². The highest BCUT2D eigenvalue weighted by Gasteiger charge is 2.55. The SMILES string of the molecule is Fc1ccc(SCCCN2C3CCC2(F)C[CH]C3C2CC2)cc1. The molecular weight excluding hydrogens is 312 g/mol. The van der Waals surface area contributed by atoms with Crippen LogP contribution in [0.2, 0.25) is 0 Å². The zero-order valence-corrected chi connectivity index (χ0v) is 14.2. The maximum Gasteiger partial charge on any atom is 0.164 e. The Labute approximate surface area is 141 Å². The Morgan fingerprint density at radius 2 is 1.96 bits per heavy atom. The lowest BCUT2D eigenvalue weighted by Gasteiger charge is -2.43. The van der Waals surface area contributed by atoms with Crippen molar-refractivity contribution in [1.29, 1.82) is 0 Å². The summed E-state index contributed by atoms with van der Waals surface area (Å²) in [5.74, 6) is 1.16. The quantitative estimate of drug-likeness (QED) is 0.405. The van der Waals surface area contributed by atoms with Crippen molar-refractivity contribution in [2.45, 2.75) is 55.3 Å². The summed E-state index contributed by atoms with van der Waals surface area (Å²) >= 11 is 1.74. The van der Waals surface area contributed by atoms with E-state index in [1.165, 1.54) is 25.0 Å². The third-order valence-electron chi connectivity index (χ3n) is 5.68. The molecule has 1 aliphatic carbocycles. The van der Waals surface area contributed by atoms with Crippen LogP contribution in [0.25, 0.3) is 0 Å². The van der Waals surface area contributed by atoms with Crippen LogP contribution in [0, 0.1) is 24.1 Å². The molecule has 3 atom stereocenters. The van der Waals surface area contributed by atoms with E-state index in [9.17, 15) is 4.39 Å². The molecule has 2 heterocycles. The van der Waals surface area contributed by atoms with Crippen LogP contribution in [0.1, 0.15) is 38.5 Å². The molecule has 2 saturated heterocycles. The zero-order valence-electron chi connectivity index (χ0n) is 13.4. The van der Waals surface area contributed by atoms with E-state index >= 15 is 4.39 Å². The van der Waals surface area contributed by atoms with Crippen molar-refractivity contribution in [2.24, 2.45) is 11.8 Å². The van der Waals surface area contributed by atoms with Gasteiger partial charge in [0.1, 0.15) is 5.82 Å². The number of thioether (sulfide) groups is 1. The molecule has 3 aliphatic rings. The Morgan fingerprint density at radius 3 is 2.70 bits per heavy atom. The molecule has 1 saturated carbocycles. The maximum absolute atomic E-state index is 15.1. The van der Waals surface area contributed by atoms with Gasteiger partial charge in [-0.25, -0.2) is 8.78 Å². The van der Waals surface area contributed by atoms with Gasteiger partial charge in [0, 0.05) is 17.5 Å². The molecule has 0 amide bonds. The second-order valence-electron chi connectivity index (χ2n) is 7.23. The van der Waals surface area contributed by atoms with Crippen molar-refractivity contribution >= 4 is 11.8 Å². The molecule has 1 aromatic rings. The molecule has 3 unspecified atom stereocenters. The number of benzene rings is 1. The van der Waals surface area contributed by atoms with Crippen LogP contribution in [0.15, 0.2) is 29.2 Å². The van der Waals surface area contributed by atoms with Crippen LogP contribution >= 0.6 is 11.8 Å². The molecule has 4 heteroatoms. The monoisotopic (exact) mass is 336 g/mol. The fraction of sp³-hybridized carbons (Fsp3) is 0.632. The molecule has 4 rings (SSSR count). The van der Waals surface area contributed by atoms with Gasteiger partial charge in [-0.3, -0.25) is 4.90 Å². The number of hydrogen-bond donors (Lipinski definition) is 0. The van der Waals surface area contributed by atoms with Crippen LogP contribution in [0.4, 0.5) is 8.78 Å². The fourth-order valence-electron chi connectivity index (χ4n) is 4.37. The summed E-state index contributed by atoms with van der Waals surface area (Å²) in [5.41, 5.74) is 0. The van der Waals surface area contributed by atoms with Gasteiger partial charge in [-0.05, 0) is 86.8 Å². The summed E-state index contributed by atoms with van der Waals surface area (Å²) in [7, 11) is 0. The topological polar surface area (TPSA) is 3.24 Å². The summed E-state index contributed by atoms with van der Waals surface area (Å²) in [6, 6.07) is 7.08. The average Bonchev–Trinajstić information content (AvgIpc) is 3.34. The Morgan fingerprint density at radius 1 is 1.17 bits per heavy atom. The molecular formula is C19H24F2NS. The van der Waals surface area contributed by atoms with Crippen LogP contribution < -0.4 is 0 Å². The minimum Gasteiger partial charge on any atom is -0.268 e. The van der Waals surface area contributed by atoms with Gasteiger partial charge in [0.25, 0.3) is 0 Å². The van der Waals surface area contributed by atoms with E-state index in [-0.39, 0.29) is 5.82 Å². The fourth-order valence-corrected chi connectivity index (χ4v) is 5.21. The smallest absolute Gasteiger partial charge is 0.164 e. The van der Waals surface area contributed by atoms with Crippen molar-refractivity contribution in [3.05, 3.63) is 36.5 Å². The molecule has 2 aliphatic heterocycles. The third kappa shape index (κ3) is 3.30. The Balaban J connectivity index is 1.30. The Hall–Kier alpha value is -0.610. The number of piperidine rings is 1. The first-order chi connectivity index (χ1) is 11.2. The van der Waals surface area contributed by atoms with E-state index in [1.807, 2.05) is 12.1 Å². The minimum atomic E-state index is -1.07. The lowest BCUT2D eigenvalue weighted by molar-refractivity contribution is -0.0540. The first-order valence-corrected chi connectivity index (χ1v) is 9.82. The third-order valence-corrected chi connectivity index (χ3v) is 6.78. The summed E-state index contributed by atoms with van der Waals surface area (Å²) < 4.78 is 28.0. The maximum atomic E-state index is 15.1. The van der Waals surface area contributed by atoms with Crippen molar-refractivity contribution < 1.29 is 8.78 Å². The highest BCUT2D eigenvalue weighted by Crippen LogP contribution is 2.53. The molecule has 0 spiro atoms. The van der Waals surface area contributed by atoms with Crippen LogP contribution in [0.5, 0.6) is 0 Å². The van der Waals surface area contributed by atoms with Crippen molar-refractivity contribution in [2.75, 3.05) is 12.3 Å². The molecule has 1 radical (unpaired) electrons. The molecule has 23 heavy (non-hydrogen) atoms. The second-order valence-corrected chi connectivity index (χ2v) is 8.40. The predicted molar refractivity (Wildman–Crippen MR) is 90.4 cm³/mol. The molecule has 0 aromatic heterocycles. The number of rotatable bonds is 6. The van der Waals surface area contributed by atoms with Crippen LogP contribution in [0.3, 0.4) is 0 Å². The van der Waals surface area contributed by atoms with Crippen LogP contribution in [-0.2, 0) is 0 Å². The highest BCUT2D eigenvalue weighted by atomic mass is 32.2. The molecule has 0 N–H and O–H groups in total. The van der Waals surface area contributed by atoms with Gasteiger partial charge in [-0.1, -0.05) is 0 Å². The number of alkyl halides is 1. The van der Waals surface area contributed by atoms with Crippen LogP contribution in [-0.4, -0.2) is 29.0 Å². The Bertz CT molecular complexity index is 545. The first kappa shape index (κ1) is 15.9. The molecule has 1 aromatic carbocycles. The first-order valence-electron chi connectivity index (χ1n) is 8.83. The van der Waals surface area contributed by atoms with E-state index in [4.69, 9.17) is 0 Å². The van der Waals surface area contributed by atoms with Gasteiger partial charge in [0.15, 0.2) is 5.79 Å². The largest absolute Gasteiger partial charge is 0.268 e. The summed E-state index contributed by atoms with van der Waals surface area (Å²) in [6.07, 6.45) is 8.31. The number of hydrogen-bond acceptors (Lipinski definition) is 2. The van der Waals surface area contributed by atoms with E-state index < -0.39 is 5.79 Å². The number of nitrogens with zero attached hydrogens (tertiary/aromatic N) is 1. The van der Waals surface area contributed by atoms with Crippen molar-refractivity contribution in [3.63, 3.8) is 0 Å². The second kappa shape index (κ2) is 6.36. The molecule has 1 nitrogen and oxygen atoms in total. The molecule has 2 bridgehead atoms. The highest BCUT2D eigenvalue weighted by molar-refractivity contribution is 7.99. The predicted octanol–water partition coefficient (Wildman–Crippen LogP) is 5.07. The lowest BCUT2D eigenvalue weighted by Crippen LogP contribution is -2.52. The minimum absolute atomic E-state index is 0.194. The van der Waals surface area contributed by atoms with Gasteiger partial charge in [0.05, 0.1) is 0 Å². The van der Waals surface area contributed by atoms with Gasteiger partial charge < -0.3 is 0 Å². The molecule has 125 valence electrons. The summed E-state index contributed by atoms with van der Waals surface area (Å²) in [4.78, 5) is 3.27. The van der Waals surface area contributed by atoms with E-state index in [2.05, 4.69) is 11.3 Å². The van der Waals surface area contributed by atoms with Crippen molar-refractivity contribution in [3.8, 4) is 0 Å². The van der Waals surface area contributed by atoms with E-state index in [0.717, 1.165) is 36.0 Å². The summed E-state index contributed by atoms with van der Waals surface area (Å²) in [6.45, 7) is 0.854. The molecule has 3 fully saturated rings. The number of fused-ring (bicyclic) bond motifs is 2. The zero-order chi connectivity index (χ0) is 15.9. The van der Waals surface area contributed by atoms with E-state index in [0.29, 0.717) is 24.8 Å². The van der Waals surface area contributed by atoms with Gasteiger partial charge >= 0.3 is 0 Å². The summed E-state index contributed by atoms with van der Waals surface area (Å²) in [5, 5.41) is 0. The standard InChI is InChI=1S/C19H24F2NS/c20-15-4-6-16(7-5-15)23-13-1-12-22-18-9-11-19(22,21)10-8-17(18)14-2-3-14/h4-8,14,17-18H,1-3,9-13H2. The van der Waals surface area contributed by atoms with Gasteiger partial charge in [0.2, 0.25) is 0 Å². The number of halogens is 2.